The molecule has 2 heterocycles. The van der Waals surface area contributed by atoms with E-state index in [0.29, 0.717) is 24.1 Å². The summed E-state index contributed by atoms with van der Waals surface area (Å²) in [6.45, 7) is 9.05. The smallest absolute Gasteiger partial charge is 0.405 e. The van der Waals surface area contributed by atoms with Crippen LogP contribution >= 0.6 is 0 Å². The van der Waals surface area contributed by atoms with Gasteiger partial charge in [-0.05, 0) is 67.1 Å². The van der Waals surface area contributed by atoms with E-state index in [4.69, 9.17) is 9.31 Å². The number of hydrogen-bond donors (Lipinski definition) is 2. The zero-order valence-corrected chi connectivity index (χ0v) is 22.5. The first kappa shape index (κ1) is 24.8. The second-order valence-electron chi connectivity index (χ2n) is 12.5. The molecule has 6 atom stereocenters. The monoisotopic (exact) mass is 498 g/mol. The van der Waals surface area contributed by atoms with Crippen molar-refractivity contribution in [1.29, 1.82) is 0 Å². The van der Waals surface area contributed by atoms with E-state index in [1.165, 1.54) is 22.9 Å². The zero-order valence-electron chi connectivity index (χ0n) is 22.5. The van der Waals surface area contributed by atoms with Gasteiger partial charge in [0.05, 0.1) is 11.7 Å². The number of rotatable bonds is 8. The Morgan fingerprint density at radius 3 is 2.62 bits per heavy atom. The third-order valence-electron chi connectivity index (χ3n) is 9.80. The maximum atomic E-state index is 13.4. The van der Waals surface area contributed by atoms with Gasteiger partial charge >= 0.3 is 7.12 Å². The number of hydrogen-bond acceptors (Lipinski definition) is 3. The lowest BCUT2D eigenvalue weighted by atomic mass is 9.43. The molecule has 1 saturated heterocycles. The molecule has 1 amide bonds. The molecular weight excluding hydrogens is 459 g/mol. The number of carbonyl (C=O) groups excluding carboxylic acids is 1. The fourth-order valence-electron chi connectivity index (χ4n) is 7.44. The summed E-state index contributed by atoms with van der Waals surface area (Å²) < 4.78 is 13.2. The van der Waals surface area contributed by atoms with E-state index in [2.05, 4.69) is 67.5 Å². The van der Waals surface area contributed by atoms with Gasteiger partial charge in [0, 0.05) is 35.4 Å². The Labute approximate surface area is 220 Å². The number of amides is 1. The van der Waals surface area contributed by atoms with Gasteiger partial charge in [0.2, 0.25) is 5.91 Å². The molecule has 1 aliphatic heterocycles. The lowest BCUT2D eigenvalue weighted by Crippen LogP contribution is -2.65. The summed E-state index contributed by atoms with van der Waals surface area (Å²) in [5, 5.41) is 4.56. The highest BCUT2D eigenvalue weighted by Gasteiger charge is 2.67. The zero-order chi connectivity index (χ0) is 25.8. The molecule has 3 aromatic rings. The van der Waals surface area contributed by atoms with Crippen molar-refractivity contribution in [3.63, 3.8) is 0 Å². The average Bonchev–Trinajstić information content (AvgIpc) is 3.44. The number of fused-ring (bicyclic) bond motifs is 1. The number of carbonyl (C=O) groups is 1. The van der Waals surface area contributed by atoms with Gasteiger partial charge in [-0.15, -0.1) is 0 Å². The minimum Gasteiger partial charge on any atom is -0.405 e. The molecule has 7 rings (SSSR count). The first-order valence-electron chi connectivity index (χ1n) is 14.0. The third kappa shape index (κ3) is 4.42. The SMILES string of the molecule is C[C@@H](Cc1c[nH]c2ccccc12)C(=O)N[C@@H](CB1OC2CC3CC(C3(C)C)[C@@]2(C)O1)Cc1ccccc1. The van der Waals surface area contributed by atoms with Crippen molar-refractivity contribution in [1.82, 2.24) is 10.3 Å². The highest BCUT2D eigenvalue weighted by atomic mass is 16.7. The van der Waals surface area contributed by atoms with Crippen LogP contribution < -0.4 is 5.32 Å². The van der Waals surface area contributed by atoms with Crippen molar-refractivity contribution in [3.8, 4) is 0 Å². The standard InChI is InChI=1S/C31H39BN2O3/c1-20(14-22-19-33-26-13-9-8-12-25(22)26)29(35)34-24(15-21-10-6-5-7-11-21)18-32-36-28-17-23-16-27(30(23,2)3)31(28,4)37-32/h5-13,19-20,23-24,27-28,33H,14-18H2,1-4H3,(H,34,35)/t20-,23?,24+,27?,28?,31+/m0/s1. The number of H-pyrrole nitrogens is 1. The summed E-state index contributed by atoms with van der Waals surface area (Å²) in [5.74, 6) is 1.20. The third-order valence-corrected chi connectivity index (χ3v) is 9.80. The van der Waals surface area contributed by atoms with Crippen LogP contribution in [0.3, 0.4) is 0 Å². The fraction of sp³-hybridized carbons (Fsp3) is 0.516. The minimum atomic E-state index is -0.289. The van der Waals surface area contributed by atoms with Gasteiger partial charge in [0.1, 0.15) is 0 Å². The Morgan fingerprint density at radius 2 is 1.84 bits per heavy atom. The molecule has 3 aliphatic carbocycles. The van der Waals surface area contributed by atoms with Crippen LogP contribution in [-0.2, 0) is 26.9 Å². The molecule has 5 nitrogen and oxygen atoms in total. The first-order chi connectivity index (χ1) is 17.7. The molecule has 0 radical (unpaired) electrons. The van der Waals surface area contributed by atoms with Crippen molar-refractivity contribution in [2.24, 2.45) is 23.2 Å². The Bertz CT molecular complexity index is 1270. The number of benzene rings is 2. The van der Waals surface area contributed by atoms with Gasteiger partial charge in [-0.25, -0.2) is 0 Å². The number of nitrogens with one attached hydrogen (secondary N) is 2. The molecule has 4 fully saturated rings. The normalized spacial score (nSPS) is 29.4. The largest absolute Gasteiger partial charge is 0.459 e. The minimum absolute atomic E-state index is 0.0583. The van der Waals surface area contributed by atoms with Gasteiger partial charge in [0.25, 0.3) is 0 Å². The molecule has 194 valence electrons. The number of para-hydroxylation sites is 1. The van der Waals surface area contributed by atoms with Gasteiger partial charge in [-0.3, -0.25) is 4.79 Å². The molecule has 6 heteroatoms. The molecule has 2 bridgehead atoms. The molecule has 3 saturated carbocycles. The van der Waals surface area contributed by atoms with Crippen LogP contribution in [0.15, 0.2) is 60.8 Å². The highest BCUT2D eigenvalue weighted by Crippen LogP contribution is 2.65. The number of aromatic nitrogens is 1. The second-order valence-corrected chi connectivity index (χ2v) is 12.5. The van der Waals surface area contributed by atoms with E-state index in [9.17, 15) is 4.79 Å². The van der Waals surface area contributed by atoms with Crippen molar-refractivity contribution in [3.05, 3.63) is 71.9 Å². The van der Waals surface area contributed by atoms with Crippen LogP contribution in [0.25, 0.3) is 10.9 Å². The van der Waals surface area contributed by atoms with E-state index in [1.807, 2.05) is 31.3 Å². The van der Waals surface area contributed by atoms with Crippen molar-refractivity contribution >= 4 is 23.9 Å². The fourth-order valence-corrected chi connectivity index (χ4v) is 7.44. The van der Waals surface area contributed by atoms with E-state index in [-0.39, 0.29) is 36.7 Å². The van der Waals surface area contributed by atoms with Crippen LogP contribution in [0.2, 0.25) is 6.32 Å². The van der Waals surface area contributed by atoms with E-state index < -0.39 is 0 Å². The summed E-state index contributed by atoms with van der Waals surface area (Å²) in [6, 6.07) is 18.6. The van der Waals surface area contributed by atoms with Crippen molar-refractivity contribution < 1.29 is 14.1 Å². The van der Waals surface area contributed by atoms with E-state index in [1.54, 1.807) is 0 Å². The number of aromatic amines is 1. The summed E-state index contributed by atoms with van der Waals surface area (Å²) in [4.78, 5) is 16.8. The topological polar surface area (TPSA) is 63.4 Å². The molecule has 37 heavy (non-hydrogen) atoms. The molecular formula is C31H39BN2O3. The predicted molar refractivity (Wildman–Crippen MR) is 148 cm³/mol. The van der Waals surface area contributed by atoms with Gasteiger partial charge in [0.15, 0.2) is 0 Å². The molecule has 0 spiro atoms. The second kappa shape index (κ2) is 9.32. The molecule has 3 unspecified atom stereocenters. The van der Waals surface area contributed by atoms with Gasteiger partial charge < -0.3 is 19.6 Å². The summed E-state index contributed by atoms with van der Waals surface area (Å²) in [7, 11) is -0.289. The Kier molecular flexibility index (Phi) is 6.23. The van der Waals surface area contributed by atoms with Crippen molar-refractivity contribution in [2.45, 2.75) is 77.4 Å². The lowest BCUT2D eigenvalue weighted by Gasteiger charge is -2.64. The predicted octanol–water partition coefficient (Wildman–Crippen LogP) is 5.80. The Morgan fingerprint density at radius 1 is 1.08 bits per heavy atom. The molecule has 2 aromatic carbocycles. The van der Waals surface area contributed by atoms with E-state index in [0.717, 1.165) is 24.3 Å². The Hall–Kier alpha value is -2.57. The van der Waals surface area contributed by atoms with Crippen LogP contribution in [0.5, 0.6) is 0 Å². The van der Waals surface area contributed by atoms with Crippen LogP contribution in [0.4, 0.5) is 0 Å². The van der Waals surface area contributed by atoms with Crippen LogP contribution in [0.1, 0.15) is 51.7 Å². The van der Waals surface area contributed by atoms with Crippen molar-refractivity contribution in [2.75, 3.05) is 0 Å². The molecule has 1 aromatic heterocycles. The molecule has 4 aliphatic rings. The first-order valence-corrected chi connectivity index (χ1v) is 14.0. The molecule has 2 N–H and O–H groups in total. The maximum absolute atomic E-state index is 13.4. The average molecular weight is 498 g/mol. The summed E-state index contributed by atoms with van der Waals surface area (Å²) in [6.07, 6.45) is 6.62. The highest BCUT2D eigenvalue weighted by molar-refractivity contribution is 6.45. The van der Waals surface area contributed by atoms with Crippen LogP contribution in [0, 0.1) is 23.2 Å². The van der Waals surface area contributed by atoms with Gasteiger partial charge in [-0.1, -0.05) is 69.3 Å². The summed E-state index contributed by atoms with van der Waals surface area (Å²) in [5.41, 5.74) is 3.59. The van der Waals surface area contributed by atoms with E-state index >= 15 is 0 Å². The lowest BCUT2D eigenvalue weighted by molar-refractivity contribution is -0.199. The maximum Gasteiger partial charge on any atom is 0.459 e. The van der Waals surface area contributed by atoms with Gasteiger partial charge in [-0.2, -0.15) is 0 Å². The quantitative estimate of drug-likeness (QED) is 0.386. The summed E-state index contributed by atoms with van der Waals surface area (Å²) >= 11 is 0. The van der Waals surface area contributed by atoms with Crippen LogP contribution in [-0.4, -0.2) is 35.8 Å². The Balaban J connectivity index is 1.15.